The fourth-order valence-corrected chi connectivity index (χ4v) is 3.58. The van der Waals surface area contributed by atoms with Gasteiger partial charge in [-0.15, -0.1) is 0 Å². The van der Waals surface area contributed by atoms with Crippen LogP contribution in [0.25, 0.3) is 5.69 Å². The quantitative estimate of drug-likeness (QED) is 0.544. The van der Waals surface area contributed by atoms with Crippen molar-refractivity contribution in [1.82, 2.24) is 15.1 Å². The minimum atomic E-state index is -0.508. The lowest BCUT2D eigenvalue weighted by Crippen LogP contribution is -2.51. The van der Waals surface area contributed by atoms with Crippen LogP contribution in [0.3, 0.4) is 0 Å². The summed E-state index contributed by atoms with van der Waals surface area (Å²) in [4.78, 5) is 14.2. The molecule has 9 heteroatoms. The van der Waals surface area contributed by atoms with Gasteiger partial charge in [-0.25, -0.2) is 18.3 Å². The first-order chi connectivity index (χ1) is 15.6. The number of benzene rings is 2. The van der Waals surface area contributed by atoms with Crippen molar-refractivity contribution < 1.29 is 18.7 Å². The molecule has 2 amide bonds. The van der Waals surface area contributed by atoms with E-state index in [4.69, 9.17) is 0 Å². The van der Waals surface area contributed by atoms with E-state index in [9.17, 15) is 18.7 Å². The number of hydrogen-bond donors (Lipinski definition) is 3. The standard InChI is InChI=1S/C24H27F2N5O2/c1-24(2,3)22-11-18(31(29-22)17-6-4-5-15(25)9-17)12-27-23(33)28-16-7-8-21(20(26)10-16)30-13-19(32)14-30/h4-11,19,32H,12-14H2,1-3H3,(H2,27,28,33). The number of hydrogen-bond acceptors (Lipinski definition) is 4. The van der Waals surface area contributed by atoms with E-state index in [0.717, 1.165) is 5.69 Å². The van der Waals surface area contributed by atoms with Gasteiger partial charge in [-0.1, -0.05) is 26.8 Å². The molecule has 0 aliphatic carbocycles. The fraction of sp³-hybridized carbons (Fsp3) is 0.333. The fourth-order valence-electron chi connectivity index (χ4n) is 3.58. The molecule has 0 atom stereocenters. The van der Waals surface area contributed by atoms with Crippen LogP contribution < -0.4 is 15.5 Å². The van der Waals surface area contributed by atoms with E-state index in [2.05, 4.69) is 15.7 Å². The van der Waals surface area contributed by atoms with Gasteiger partial charge in [0, 0.05) is 24.2 Å². The predicted octanol–water partition coefficient (Wildman–Crippen LogP) is 3.95. The minimum Gasteiger partial charge on any atom is -0.389 e. The van der Waals surface area contributed by atoms with Gasteiger partial charge >= 0.3 is 6.03 Å². The topological polar surface area (TPSA) is 82.4 Å². The molecule has 2 heterocycles. The summed E-state index contributed by atoms with van der Waals surface area (Å²) >= 11 is 0. The van der Waals surface area contributed by atoms with Gasteiger partial charge in [-0.3, -0.25) is 0 Å². The highest BCUT2D eigenvalue weighted by molar-refractivity contribution is 5.89. The van der Waals surface area contributed by atoms with Crippen LogP contribution in [0.1, 0.15) is 32.2 Å². The van der Waals surface area contributed by atoms with Crippen molar-refractivity contribution in [3.8, 4) is 5.69 Å². The third kappa shape index (κ3) is 5.14. The molecule has 4 rings (SSSR count). The zero-order valence-electron chi connectivity index (χ0n) is 18.8. The number of aromatic nitrogens is 2. The lowest BCUT2D eigenvalue weighted by molar-refractivity contribution is 0.141. The van der Waals surface area contributed by atoms with Crippen molar-refractivity contribution in [1.29, 1.82) is 0 Å². The normalized spacial score (nSPS) is 14.2. The summed E-state index contributed by atoms with van der Waals surface area (Å²) in [5.41, 5.74) is 2.50. The summed E-state index contributed by atoms with van der Waals surface area (Å²) in [5.74, 6) is -0.853. The van der Waals surface area contributed by atoms with E-state index in [1.54, 1.807) is 33.8 Å². The number of nitrogens with one attached hydrogen (secondary N) is 2. The highest BCUT2D eigenvalue weighted by Gasteiger charge is 2.26. The Morgan fingerprint density at radius 3 is 2.55 bits per heavy atom. The van der Waals surface area contributed by atoms with Crippen molar-refractivity contribution in [2.75, 3.05) is 23.3 Å². The average Bonchev–Trinajstić information content (AvgIpc) is 3.15. The molecule has 1 aliphatic heterocycles. The van der Waals surface area contributed by atoms with Gasteiger partial charge in [-0.2, -0.15) is 5.10 Å². The number of anilines is 2. The van der Waals surface area contributed by atoms with Crippen molar-refractivity contribution in [2.24, 2.45) is 0 Å². The molecule has 0 saturated carbocycles. The Bertz CT molecular complexity index is 1170. The van der Waals surface area contributed by atoms with E-state index in [1.165, 1.54) is 18.2 Å². The lowest BCUT2D eigenvalue weighted by Gasteiger charge is -2.38. The van der Waals surface area contributed by atoms with Crippen LogP contribution in [0.4, 0.5) is 25.0 Å². The van der Waals surface area contributed by atoms with E-state index < -0.39 is 18.0 Å². The van der Waals surface area contributed by atoms with Gasteiger partial charge < -0.3 is 20.6 Å². The summed E-state index contributed by atoms with van der Waals surface area (Å²) < 4.78 is 29.8. The minimum absolute atomic E-state index is 0.137. The smallest absolute Gasteiger partial charge is 0.319 e. The lowest BCUT2D eigenvalue weighted by atomic mass is 9.92. The monoisotopic (exact) mass is 455 g/mol. The van der Waals surface area contributed by atoms with Gasteiger partial charge in [0.25, 0.3) is 0 Å². The summed E-state index contributed by atoms with van der Waals surface area (Å²) in [6.45, 7) is 6.98. The van der Waals surface area contributed by atoms with E-state index in [0.29, 0.717) is 35.8 Å². The molecule has 7 nitrogen and oxygen atoms in total. The van der Waals surface area contributed by atoms with Crippen LogP contribution >= 0.6 is 0 Å². The van der Waals surface area contributed by atoms with Crippen LogP contribution in [-0.4, -0.2) is 40.1 Å². The molecule has 2 aromatic carbocycles. The Kier molecular flexibility index (Phi) is 6.07. The van der Waals surface area contributed by atoms with Gasteiger partial charge in [0.2, 0.25) is 0 Å². The highest BCUT2D eigenvalue weighted by atomic mass is 19.1. The summed E-state index contributed by atoms with van der Waals surface area (Å²) in [6, 6.07) is 11.9. The second kappa shape index (κ2) is 8.82. The number of rotatable bonds is 5. The number of aliphatic hydroxyl groups is 1. The summed E-state index contributed by atoms with van der Waals surface area (Å²) in [7, 11) is 0. The van der Waals surface area contributed by atoms with Crippen LogP contribution in [0.2, 0.25) is 0 Å². The van der Waals surface area contributed by atoms with Gasteiger partial charge in [0.15, 0.2) is 0 Å². The maximum atomic E-state index is 14.4. The highest BCUT2D eigenvalue weighted by Crippen LogP contribution is 2.27. The molecule has 0 unspecified atom stereocenters. The van der Waals surface area contributed by atoms with Gasteiger partial charge in [0.1, 0.15) is 11.6 Å². The molecule has 33 heavy (non-hydrogen) atoms. The van der Waals surface area contributed by atoms with Crippen molar-refractivity contribution in [3.05, 3.63) is 71.6 Å². The van der Waals surface area contributed by atoms with Crippen LogP contribution in [0.15, 0.2) is 48.5 Å². The van der Waals surface area contributed by atoms with Gasteiger partial charge in [-0.05, 0) is 42.5 Å². The number of amides is 2. The Morgan fingerprint density at radius 1 is 1.15 bits per heavy atom. The predicted molar refractivity (Wildman–Crippen MR) is 123 cm³/mol. The number of nitrogens with zero attached hydrogens (tertiary/aromatic N) is 3. The molecule has 1 saturated heterocycles. The Morgan fingerprint density at radius 2 is 1.91 bits per heavy atom. The summed E-state index contributed by atoms with van der Waals surface area (Å²) in [6.07, 6.45) is -0.437. The maximum Gasteiger partial charge on any atom is 0.319 e. The number of carbonyl (C=O) groups is 1. The van der Waals surface area contributed by atoms with Crippen LogP contribution in [-0.2, 0) is 12.0 Å². The van der Waals surface area contributed by atoms with Crippen LogP contribution in [0, 0.1) is 11.6 Å². The molecule has 174 valence electrons. The molecule has 0 bridgehead atoms. The molecule has 3 aromatic rings. The molecule has 3 N–H and O–H groups in total. The third-order valence-electron chi connectivity index (χ3n) is 5.44. The number of halogens is 2. The first kappa shape index (κ1) is 22.7. The Hall–Kier alpha value is -3.46. The Labute approximate surface area is 191 Å². The van der Waals surface area contributed by atoms with Crippen LogP contribution in [0.5, 0.6) is 0 Å². The van der Waals surface area contributed by atoms with Crippen molar-refractivity contribution >= 4 is 17.4 Å². The molecule has 1 aliphatic rings. The first-order valence-electron chi connectivity index (χ1n) is 10.7. The number of aliphatic hydroxyl groups excluding tert-OH is 1. The first-order valence-corrected chi connectivity index (χ1v) is 10.7. The molecule has 1 fully saturated rings. The van der Waals surface area contributed by atoms with E-state index in [-0.39, 0.29) is 17.8 Å². The Balaban J connectivity index is 1.46. The number of carbonyl (C=O) groups excluding carboxylic acids is 1. The third-order valence-corrected chi connectivity index (χ3v) is 5.44. The average molecular weight is 456 g/mol. The zero-order valence-corrected chi connectivity index (χ0v) is 18.8. The molecule has 0 radical (unpaired) electrons. The van der Waals surface area contributed by atoms with Gasteiger partial charge in [0.05, 0.1) is 35.4 Å². The second-order valence-electron chi connectivity index (χ2n) is 9.20. The number of urea groups is 1. The second-order valence-corrected chi connectivity index (χ2v) is 9.20. The number of β-amino-alcohol motifs (C(OH)–C–C–N with tert-alkyl or cyclic N) is 1. The molecule has 0 spiro atoms. The molecular weight excluding hydrogens is 428 g/mol. The maximum absolute atomic E-state index is 14.4. The largest absolute Gasteiger partial charge is 0.389 e. The van der Waals surface area contributed by atoms with Crippen molar-refractivity contribution in [2.45, 2.75) is 38.8 Å². The summed E-state index contributed by atoms with van der Waals surface area (Å²) in [5, 5.41) is 19.4. The SMILES string of the molecule is CC(C)(C)c1cc(CNC(=O)Nc2ccc(N3CC(O)C3)c(F)c2)n(-c2cccc(F)c2)n1. The molecular formula is C24H27F2N5O2. The molecule has 1 aromatic heterocycles. The van der Waals surface area contributed by atoms with Crippen molar-refractivity contribution in [3.63, 3.8) is 0 Å². The zero-order chi connectivity index (χ0) is 23.8. The van der Waals surface area contributed by atoms with E-state index in [1.807, 2.05) is 26.8 Å². The van der Waals surface area contributed by atoms with E-state index >= 15 is 0 Å².